The Morgan fingerprint density at radius 3 is 1.21 bits per heavy atom. The Balaban J connectivity index is 1.93. The van der Waals surface area contributed by atoms with Crippen molar-refractivity contribution in [3.05, 3.63) is 84.5 Å². The molecule has 4 heteroatoms. The van der Waals surface area contributed by atoms with Crippen LogP contribution in [0.4, 0.5) is 11.4 Å². The van der Waals surface area contributed by atoms with Gasteiger partial charge in [0.15, 0.2) is 0 Å². The van der Waals surface area contributed by atoms with Crippen LogP contribution in [0, 0.1) is 0 Å². The van der Waals surface area contributed by atoms with E-state index in [2.05, 4.69) is 110 Å². The molecule has 4 nitrogen and oxygen atoms in total. The number of rotatable bonds is 12. The highest BCUT2D eigenvalue weighted by Gasteiger charge is 2.05. The number of anilines is 2. The fourth-order valence-corrected chi connectivity index (χ4v) is 3.35. The van der Waals surface area contributed by atoms with Crippen molar-refractivity contribution in [2.75, 3.05) is 36.8 Å². The first-order valence-electron chi connectivity index (χ1n) is 10.6. The number of hydrogen-bond acceptors (Lipinski definition) is 4. The van der Waals surface area contributed by atoms with Gasteiger partial charge in [0, 0.05) is 37.6 Å². The molecule has 0 bridgehead atoms. The van der Waals surface area contributed by atoms with Gasteiger partial charge in [0.05, 0.1) is 11.6 Å². The highest BCUT2D eigenvalue weighted by molar-refractivity contribution is 5.51. The van der Waals surface area contributed by atoms with Crippen molar-refractivity contribution in [3.63, 3.8) is 0 Å². The van der Waals surface area contributed by atoms with Crippen LogP contribution < -0.4 is 10.6 Å². The molecular weight excluding hydrogens is 356 g/mol. The van der Waals surface area contributed by atoms with E-state index in [1.165, 1.54) is 11.1 Å². The van der Waals surface area contributed by atoms with Gasteiger partial charge in [-0.05, 0) is 69.5 Å². The third kappa shape index (κ3) is 6.60. The minimum Gasteiger partial charge on any atom is -0.359 e. The Labute approximate surface area is 176 Å². The molecule has 2 aromatic carbocycles. The predicted molar refractivity (Wildman–Crippen MR) is 127 cm³/mol. The Bertz CT molecular complexity index is 702. The monoisotopic (exact) mass is 392 g/mol. The van der Waals surface area contributed by atoms with E-state index < -0.39 is 0 Å². The zero-order chi connectivity index (χ0) is 21.2. The summed E-state index contributed by atoms with van der Waals surface area (Å²) in [5, 5.41) is 6.78. The van der Waals surface area contributed by atoms with E-state index in [9.17, 15) is 0 Å². The van der Waals surface area contributed by atoms with Crippen LogP contribution in [-0.4, -0.2) is 36.0 Å². The summed E-state index contributed by atoms with van der Waals surface area (Å²) in [5.41, 5.74) is 4.72. The van der Waals surface area contributed by atoms with E-state index in [0.29, 0.717) is 0 Å². The molecule has 0 saturated carbocycles. The van der Waals surface area contributed by atoms with E-state index in [4.69, 9.17) is 0 Å². The van der Waals surface area contributed by atoms with E-state index in [1.807, 2.05) is 0 Å². The third-order valence-electron chi connectivity index (χ3n) is 5.18. The van der Waals surface area contributed by atoms with Crippen molar-refractivity contribution in [2.45, 2.75) is 34.1 Å². The first-order valence-corrected chi connectivity index (χ1v) is 10.6. The highest BCUT2D eigenvalue weighted by atomic mass is 15.2. The van der Waals surface area contributed by atoms with Gasteiger partial charge in [-0.3, -0.25) is 0 Å². The Morgan fingerprint density at radius 2 is 0.931 bits per heavy atom. The minimum atomic E-state index is 0.911. The maximum Gasteiger partial charge on any atom is 0.0983 e. The summed E-state index contributed by atoms with van der Waals surface area (Å²) in [5.74, 6) is 1.88. The summed E-state index contributed by atoms with van der Waals surface area (Å²) in [7, 11) is 0. The molecule has 2 N–H and O–H groups in total. The molecule has 2 aromatic rings. The van der Waals surface area contributed by atoms with Crippen molar-refractivity contribution in [2.24, 2.45) is 0 Å². The lowest BCUT2D eigenvalue weighted by molar-refractivity contribution is 0.388. The summed E-state index contributed by atoms with van der Waals surface area (Å²) in [6.07, 6.45) is 0.911. The van der Waals surface area contributed by atoms with Crippen LogP contribution in [-0.2, 0) is 6.42 Å². The lowest BCUT2D eigenvalue weighted by Crippen LogP contribution is -2.25. The van der Waals surface area contributed by atoms with Crippen LogP contribution in [0.1, 0.15) is 38.8 Å². The van der Waals surface area contributed by atoms with Crippen molar-refractivity contribution in [1.82, 2.24) is 9.80 Å². The topological polar surface area (TPSA) is 30.5 Å². The highest BCUT2D eigenvalue weighted by Crippen LogP contribution is 2.18. The second-order valence-electron chi connectivity index (χ2n) is 7.06. The van der Waals surface area contributed by atoms with Gasteiger partial charge in [0.25, 0.3) is 0 Å². The second kappa shape index (κ2) is 11.2. The second-order valence-corrected chi connectivity index (χ2v) is 7.06. The van der Waals surface area contributed by atoms with Gasteiger partial charge in [-0.2, -0.15) is 0 Å². The number of nitrogens with zero attached hydrogens (tertiary/aromatic N) is 2. The zero-order valence-corrected chi connectivity index (χ0v) is 18.5. The van der Waals surface area contributed by atoms with Crippen molar-refractivity contribution < 1.29 is 0 Å². The van der Waals surface area contributed by atoms with Crippen LogP contribution in [0.15, 0.2) is 73.3 Å². The molecule has 0 aliphatic heterocycles. The van der Waals surface area contributed by atoms with Gasteiger partial charge >= 0.3 is 0 Å². The van der Waals surface area contributed by atoms with E-state index in [1.54, 1.807) is 0 Å². The quantitative estimate of drug-likeness (QED) is 0.483. The molecule has 0 amide bonds. The van der Waals surface area contributed by atoms with Gasteiger partial charge < -0.3 is 20.4 Å². The molecule has 0 radical (unpaired) electrons. The molecule has 2 rings (SSSR count). The third-order valence-corrected chi connectivity index (χ3v) is 5.18. The van der Waals surface area contributed by atoms with Gasteiger partial charge in [-0.1, -0.05) is 37.4 Å². The average molecular weight is 393 g/mol. The number of hydrogen-bond donors (Lipinski definition) is 2. The Hall–Kier alpha value is -2.88. The minimum absolute atomic E-state index is 0.911. The Kier molecular flexibility index (Phi) is 8.66. The Morgan fingerprint density at radius 1 is 0.621 bits per heavy atom. The lowest BCUT2D eigenvalue weighted by atomic mass is 10.0. The van der Waals surface area contributed by atoms with Crippen LogP contribution >= 0.6 is 0 Å². The number of nitrogens with one attached hydrogen (secondary N) is 2. The van der Waals surface area contributed by atoms with Crippen LogP contribution in [0.25, 0.3) is 0 Å². The molecule has 0 aliphatic carbocycles. The van der Waals surface area contributed by atoms with Crippen molar-refractivity contribution >= 4 is 11.4 Å². The molecular formula is C25H36N4. The summed E-state index contributed by atoms with van der Waals surface area (Å²) < 4.78 is 0. The summed E-state index contributed by atoms with van der Waals surface area (Å²) in [6.45, 7) is 20.6. The van der Waals surface area contributed by atoms with Gasteiger partial charge in [0.1, 0.15) is 0 Å². The fraction of sp³-hybridized carbons (Fsp3) is 0.360. The molecule has 0 spiro atoms. The molecule has 0 heterocycles. The van der Waals surface area contributed by atoms with Gasteiger partial charge in [-0.15, -0.1) is 0 Å². The molecule has 0 atom stereocenters. The number of benzene rings is 2. The maximum atomic E-state index is 4.13. The van der Waals surface area contributed by atoms with Crippen molar-refractivity contribution in [3.8, 4) is 0 Å². The van der Waals surface area contributed by atoms with E-state index in [-0.39, 0.29) is 0 Å². The van der Waals surface area contributed by atoms with Crippen LogP contribution in [0.2, 0.25) is 0 Å². The zero-order valence-electron chi connectivity index (χ0n) is 18.5. The average Bonchev–Trinajstić information content (AvgIpc) is 2.73. The molecule has 0 fully saturated rings. The van der Waals surface area contributed by atoms with Crippen LogP contribution in [0.3, 0.4) is 0 Å². The van der Waals surface area contributed by atoms with E-state index >= 15 is 0 Å². The van der Waals surface area contributed by atoms with Gasteiger partial charge in [0.2, 0.25) is 0 Å². The molecule has 0 aliphatic rings. The largest absolute Gasteiger partial charge is 0.359 e. The molecule has 0 unspecified atom stereocenters. The molecule has 29 heavy (non-hydrogen) atoms. The smallest absolute Gasteiger partial charge is 0.0983 e. The lowest BCUT2D eigenvalue weighted by Gasteiger charge is -2.24. The summed E-state index contributed by atoms with van der Waals surface area (Å²) in [4.78, 5) is 4.41. The fourth-order valence-electron chi connectivity index (χ4n) is 3.35. The normalized spacial score (nSPS) is 10.3. The van der Waals surface area contributed by atoms with Crippen LogP contribution in [0.5, 0.6) is 0 Å². The summed E-state index contributed by atoms with van der Waals surface area (Å²) >= 11 is 0. The van der Waals surface area contributed by atoms with E-state index in [0.717, 1.165) is 55.6 Å². The molecule has 156 valence electrons. The van der Waals surface area contributed by atoms with Gasteiger partial charge in [-0.25, -0.2) is 0 Å². The standard InChI is InChI=1S/C25H36N4/c1-7-28(8-2)20(5)26-24-15-11-22(12-16-24)19-23-13-17-25(18-14-23)27-21(6)29(9-3)10-4/h11-18,26-27H,5-10,19H2,1-4H3. The first-order chi connectivity index (χ1) is 14.0. The van der Waals surface area contributed by atoms with Crippen molar-refractivity contribution in [1.29, 1.82) is 0 Å². The molecule has 0 aromatic heterocycles. The predicted octanol–water partition coefficient (Wildman–Crippen LogP) is 5.73. The SMILES string of the molecule is C=C(Nc1ccc(Cc2ccc(NC(=C)N(CC)CC)cc2)cc1)N(CC)CC. The summed E-state index contributed by atoms with van der Waals surface area (Å²) in [6, 6.07) is 17.2. The maximum absolute atomic E-state index is 4.13. The first kappa shape index (κ1) is 22.4. The molecule has 0 saturated heterocycles.